The SMILES string of the molecule is CNCCN(C)C(=O)c1ccc(OCC(N)=O)cc1.Cl. The molecule has 1 aromatic carbocycles. The summed E-state index contributed by atoms with van der Waals surface area (Å²) in [6.07, 6.45) is 0. The lowest BCUT2D eigenvalue weighted by molar-refractivity contribution is -0.119. The standard InChI is InChI=1S/C13H19N3O3.ClH/c1-15-7-8-16(2)13(18)10-3-5-11(6-4-10)19-9-12(14)17;/h3-6,15H,7-9H2,1-2H3,(H2,14,17);1H. The van der Waals surface area contributed by atoms with Gasteiger partial charge in [-0.2, -0.15) is 0 Å². The van der Waals surface area contributed by atoms with Crippen molar-refractivity contribution in [3.05, 3.63) is 29.8 Å². The molecule has 0 saturated heterocycles. The predicted octanol–water partition coefficient (Wildman–Crippen LogP) is 0.264. The Labute approximate surface area is 124 Å². The number of carbonyl (C=O) groups excluding carboxylic acids is 2. The van der Waals surface area contributed by atoms with Crippen molar-refractivity contribution in [2.24, 2.45) is 5.73 Å². The van der Waals surface area contributed by atoms with Crippen molar-refractivity contribution in [3.63, 3.8) is 0 Å². The number of amides is 2. The third kappa shape index (κ3) is 5.90. The summed E-state index contributed by atoms with van der Waals surface area (Å²) < 4.78 is 5.12. The normalized spacial score (nSPS) is 9.50. The van der Waals surface area contributed by atoms with Crippen LogP contribution in [-0.4, -0.2) is 50.5 Å². The molecule has 0 saturated carbocycles. The first-order valence-electron chi connectivity index (χ1n) is 5.96. The van der Waals surface area contributed by atoms with Crippen LogP contribution in [0.4, 0.5) is 0 Å². The first-order chi connectivity index (χ1) is 9.04. The molecule has 0 spiro atoms. The number of primary amides is 1. The van der Waals surface area contributed by atoms with Gasteiger partial charge in [-0.05, 0) is 31.3 Å². The van der Waals surface area contributed by atoms with E-state index in [1.165, 1.54) is 0 Å². The average molecular weight is 302 g/mol. The summed E-state index contributed by atoms with van der Waals surface area (Å²) in [6.45, 7) is 1.20. The highest BCUT2D eigenvalue weighted by atomic mass is 35.5. The van der Waals surface area contributed by atoms with Gasteiger partial charge in [0.1, 0.15) is 5.75 Å². The third-order valence-corrected chi connectivity index (χ3v) is 2.53. The number of nitrogens with two attached hydrogens (primary N) is 1. The fraction of sp³-hybridized carbons (Fsp3) is 0.385. The van der Waals surface area contributed by atoms with Crippen molar-refractivity contribution in [1.82, 2.24) is 10.2 Å². The van der Waals surface area contributed by atoms with Crippen molar-refractivity contribution in [2.75, 3.05) is 33.8 Å². The van der Waals surface area contributed by atoms with E-state index in [9.17, 15) is 9.59 Å². The fourth-order valence-electron chi connectivity index (χ4n) is 1.45. The van der Waals surface area contributed by atoms with Crippen molar-refractivity contribution < 1.29 is 14.3 Å². The fourth-order valence-corrected chi connectivity index (χ4v) is 1.45. The quantitative estimate of drug-likeness (QED) is 0.757. The van der Waals surface area contributed by atoms with Gasteiger partial charge >= 0.3 is 0 Å². The summed E-state index contributed by atoms with van der Waals surface area (Å²) in [5.74, 6) is -0.0862. The Morgan fingerprint density at radius 2 is 1.90 bits per heavy atom. The summed E-state index contributed by atoms with van der Waals surface area (Å²) in [5, 5.41) is 2.98. The Bertz CT molecular complexity index is 437. The minimum atomic E-state index is -0.535. The van der Waals surface area contributed by atoms with Gasteiger partial charge in [0.25, 0.3) is 11.8 Å². The molecule has 0 radical (unpaired) electrons. The largest absolute Gasteiger partial charge is 0.484 e. The summed E-state index contributed by atoms with van der Waals surface area (Å²) in [6, 6.07) is 6.60. The van der Waals surface area contributed by atoms with Gasteiger partial charge in [0.2, 0.25) is 0 Å². The lowest BCUT2D eigenvalue weighted by Crippen LogP contribution is -2.32. The van der Waals surface area contributed by atoms with Gasteiger partial charge in [-0.25, -0.2) is 0 Å². The molecule has 0 atom stereocenters. The molecule has 1 rings (SSSR count). The molecule has 0 aliphatic carbocycles. The molecule has 0 aliphatic heterocycles. The number of rotatable bonds is 7. The molecule has 3 N–H and O–H groups in total. The number of benzene rings is 1. The first-order valence-corrected chi connectivity index (χ1v) is 5.96. The van der Waals surface area contributed by atoms with Crippen LogP contribution >= 0.6 is 12.4 Å². The minimum Gasteiger partial charge on any atom is -0.484 e. The number of hydrogen-bond acceptors (Lipinski definition) is 4. The van der Waals surface area contributed by atoms with E-state index in [0.717, 1.165) is 6.54 Å². The maximum Gasteiger partial charge on any atom is 0.255 e. The average Bonchev–Trinajstić information content (AvgIpc) is 2.42. The van der Waals surface area contributed by atoms with Gasteiger partial charge in [0.15, 0.2) is 6.61 Å². The van der Waals surface area contributed by atoms with E-state index < -0.39 is 5.91 Å². The highest BCUT2D eigenvalue weighted by Crippen LogP contribution is 2.13. The molecule has 0 unspecified atom stereocenters. The van der Waals surface area contributed by atoms with Crippen LogP contribution in [0.5, 0.6) is 5.75 Å². The van der Waals surface area contributed by atoms with Gasteiger partial charge < -0.3 is 20.7 Å². The van der Waals surface area contributed by atoms with Crippen LogP contribution < -0.4 is 15.8 Å². The summed E-state index contributed by atoms with van der Waals surface area (Å²) in [4.78, 5) is 24.2. The molecule has 7 heteroatoms. The molecule has 0 aromatic heterocycles. The zero-order valence-electron chi connectivity index (χ0n) is 11.6. The molecular weight excluding hydrogens is 282 g/mol. The van der Waals surface area contributed by atoms with Crippen LogP contribution in [0.25, 0.3) is 0 Å². The van der Waals surface area contributed by atoms with Crippen LogP contribution in [0.2, 0.25) is 0 Å². The predicted molar refractivity (Wildman–Crippen MR) is 79.3 cm³/mol. The Morgan fingerprint density at radius 1 is 1.30 bits per heavy atom. The van der Waals surface area contributed by atoms with E-state index in [1.807, 2.05) is 7.05 Å². The Kier molecular flexibility index (Phi) is 8.35. The number of nitrogens with zero attached hydrogens (tertiary/aromatic N) is 1. The van der Waals surface area contributed by atoms with Crippen molar-refractivity contribution in [3.8, 4) is 5.75 Å². The van der Waals surface area contributed by atoms with Gasteiger partial charge in [-0.1, -0.05) is 0 Å². The molecule has 2 amide bonds. The number of nitrogens with one attached hydrogen (secondary N) is 1. The molecular formula is C13H20ClN3O3. The van der Waals surface area contributed by atoms with Crippen molar-refractivity contribution in [2.45, 2.75) is 0 Å². The second-order valence-electron chi connectivity index (χ2n) is 4.11. The smallest absolute Gasteiger partial charge is 0.255 e. The van der Waals surface area contributed by atoms with E-state index in [0.29, 0.717) is 17.9 Å². The number of ether oxygens (including phenoxy) is 1. The van der Waals surface area contributed by atoms with Crippen LogP contribution in [0.3, 0.4) is 0 Å². The zero-order chi connectivity index (χ0) is 14.3. The lowest BCUT2D eigenvalue weighted by atomic mass is 10.2. The van der Waals surface area contributed by atoms with E-state index in [4.69, 9.17) is 10.5 Å². The first kappa shape index (κ1) is 18.2. The van der Waals surface area contributed by atoms with Gasteiger partial charge in [-0.15, -0.1) is 12.4 Å². The second kappa shape index (κ2) is 9.17. The number of hydrogen-bond donors (Lipinski definition) is 2. The maximum absolute atomic E-state index is 12.0. The number of carbonyl (C=O) groups is 2. The van der Waals surface area contributed by atoms with Gasteiger partial charge in [0, 0.05) is 25.7 Å². The van der Waals surface area contributed by atoms with Crippen molar-refractivity contribution in [1.29, 1.82) is 0 Å². The van der Waals surface area contributed by atoms with E-state index in [2.05, 4.69) is 5.32 Å². The van der Waals surface area contributed by atoms with Gasteiger partial charge in [-0.3, -0.25) is 9.59 Å². The van der Waals surface area contributed by atoms with E-state index in [1.54, 1.807) is 36.2 Å². The molecule has 0 aliphatic rings. The van der Waals surface area contributed by atoms with Crippen LogP contribution in [0, 0.1) is 0 Å². The summed E-state index contributed by atoms with van der Waals surface area (Å²) in [7, 11) is 3.58. The lowest BCUT2D eigenvalue weighted by Gasteiger charge is -2.17. The Hall–Kier alpha value is -1.79. The Morgan fingerprint density at radius 3 is 2.40 bits per heavy atom. The molecule has 0 heterocycles. The highest BCUT2D eigenvalue weighted by Gasteiger charge is 2.10. The topological polar surface area (TPSA) is 84.7 Å². The minimum absolute atomic E-state index is 0. The summed E-state index contributed by atoms with van der Waals surface area (Å²) >= 11 is 0. The van der Waals surface area contributed by atoms with Crippen LogP contribution in [-0.2, 0) is 4.79 Å². The van der Waals surface area contributed by atoms with Crippen LogP contribution in [0.1, 0.15) is 10.4 Å². The molecule has 1 aromatic rings. The van der Waals surface area contributed by atoms with Crippen LogP contribution in [0.15, 0.2) is 24.3 Å². The molecule has 20 heavy (non-hydrogen) atoms. The third-order valence-electron chi connectivity index (χ3n) is 2.53. The highest BCUT2D eigenvalue weighted by molar-refractivity contribution is 5.94. The van der Waals surface area contributed by atoms with Gasteiger partial charge in [0.05, 0.1) is 0 Å². The molecule has 0 bridgehead atoms. The van der Waals surface area contributed by atoms with E-state index in [-0.39, 0.29) is 24.9 Å². The van der Waals surface area contributed by atoms with Crippen molar-refractivity contribution >= 4 is 24.2 Å². The number of halogens is 1. The maximum atomic E-state index is 12.0. The second-order valence-corrected chi connectivity index (χ2v) is 4.11. The number of likely N-dealkylation sites (N-methyl/N-ethyl adjacent to an activating group) is 2. The summed E-state index contributed by atoms with van der Waals surface area (Å²) in [5.41, 5.74) is 5.55. The Balaban J connectivity index is 0.00000361. The molecule has 112 valence electrons. The molecule has 6 nitrogen and oxygen atoms in total. The molecule has 0 fully saturated rings. The van der Waals surface area contributed by atoms with E-state index >= 15 is 0 Å². The zero-order valence-corrected chi connectivity index (χ0v) is 12.4. The monoisotopic (exact) mass is 301 g/mol.